The van der Waals surface area contributed by atoms with E-state index < -0.39 is 10.0 Å². The highest BCUT2D eigenvalue weighted by Gasteiger charge is 2.13. The monoisotopic (exact) mass is 344 g/mol. The van der Waals surface area contributed by atoms with Crippen LogP contribution in [0.4, 0.5) is 4.39 Å². The van der Waals surface area contributed by atoms with Crippen LogP contribution < -0.4 is 10.6 Å². The van der Waals surface area contributed by atoms with Gasteiger partial charge in [0, 0.05) is 33.2 Å². The molecule has 0 spiro atoms. The minimum Gasteiger partial charge on any atom is -0.356 e. The lowest BCUT2D eigenvalue weighted by Gasteiger charge is -2.18. The van der Waals surface area contributed by atoms with Gasteiger partial charge in [0.25, 0.3) is 0 Å². The first-order valence-corrected chi connectivity index (χ1v) is 9.35. The molecule has 0 aliphatic carbocycles. The van der Waals surface area contributed by atoms with E-state index in [1.807, 2.05) is 13.0 Å². The van der Waals surface area contributed by atoms with E-state index >= 15 is 0 Å². The van der Waals surface area contributed by atoms with Gasteiger partial charge in [-0.1, -0.05) is 19.1 Å². The molecule has 8 heteroatoms. The molecule has 0 unspecified atom stereocenters. The number of aliphatic imine (C=N–C) groups is 1. The molecule has 23 heavy (non-hydrogen) atoms. The molecule has 2 N–H and O–H groups in total. The van der Waals surface area contributed by atoms with E-state index in [1.54, 1.807) is 13.1 Å². The molecule has 0 fully saturated rings. The van der Waals surface area contributed by atoms with Gasteiger partial charge in [0.15, 0.2) is 5.96 Å². The third-order valence-electron chi connectivity index (χ3n) is 3.27. The molecular formula is C15H25FN4O2S. The average Bonchev–Trinajstić information content (AvgIpc) is 2.49. The smallest absolute Gasteiger partial charge is 0.211 e. The number of hydrogen-bond acceptors (Lipinski definition) is 3. The van der Waals surface area contributed by atoms with Crippen LogP contribution >= 0.6 is 0 Å². The van der Waals surface area contributed by atoms with Gasteiger partial charge >= 0.3 is 0 Å². The molecule has 0 atom stereocenters. The first-order valence-electron chi connectivity index (χ1n) is 7.51. The van der Waals surface area contributed by atoms with E-state index in [1.165, 1.54) is 22.7 Å². The molecule has 1 aromatic carbocycles. The van der Waals surface area contributed by atoms with Crippen molar-refractivity contribution in [1.29, 1.82) is 0 Å². The number of nitrogens with one attached hydrogen (secondary N) is 2. The van der Waals surface area contributed by atoms with Gasteiger partial charge in [0.2, 0.25) is 10.0 Å². The van der Waals surface area contributed by atoms with Crippen molar-refractivity contribution < 1.29 is 12.8 Å². The highest BCUT2D eigenvalue weighted by Crippen LogP contribution is 2.02. The molecule has 0 bridgehead atoms. The Hall–Kier alpha value is -1.67. The van der Waals surface area contributed by atoms with Crippen LogP contribution in [0, 0.1) is 5.82 Å². The molecule has 1 rings (SSSR count). The number of guanidine groups is 1. The van der Waals surface area contributed by atoms with Crippen LogP contribution in [0.2, 0.25) is 0 Å². The van der Waals surface area contributed by atoms with E-state index in [9.17, 15) is 12.8 Å². The first kappa shape index (κ1) is 19.4. The quantitative estimate of drug-likeness (QED) is 0.422. The fourth-order valence-corrected chi connectivity index (χ4v) is 3.00. The Bertz CT molecular complexity index is 620. The number of rotatable bonds is 8. The molecular weight excluding hydrogens is 319 g/mol. The summed E-state index contributed by atoms with van der Waals surface area (Å²) in [5.41, 5.74) is 0.821. The van der Waals surface area contributed by atoms with Gasteiger partial charge < -0.3 is 10.6 Å². The zero-order valence-electron chi connectivity index (χ0n) is 13.8. The van der Waals surface area contributed by atoms with Crippen molar-refractivity contribution in [2.75, 3.05) is 32.9 Å². The normalized spacial score (nSPS) is 12.5. The van der Waals surface area contributed by atoms with Crippen LogP contribution in [-0.4, -0.2) is 51.6 Å². The second kappa shape index (κ2) is 9.46. The molecule has 130 valence electrons. The predicted molar refractivity (Wildman–Crippen MR) is 91.3 cm³/mol. The Morgan fingerprint density at radius 1 is 1.35 bits per heavy atom. The van der Waals surface area contributed by atoms with E-state index in [0.717, 1.165) is 5.56 Å². The minimum atomic E-state index is -3.15. The Kier molecular flexibility index (Phi) is 7.97. The molecule has 0 aromatic heterocycles. The lowest BCUT2D eigenvalue weighted by atomic mass is 10.2. The Morgan fingerprint density at radius 2 is 2.09 bits per heavy atom. The van der Waals surface area contributed by atoms with Crippen LogP contribution in [0.25, 0.3) is 0 Å². The molecule has 0 saturated carbocycles. The topological polar surface area (TPSA) is 73.8 Å². The van der Waals surface area contributed by atoms with Crippen LogP contribution in [0.1, 0.15) is 18.9 Å². The molecule has 0 amide bonds. The van der Waals surface area contributed by atoms with Crippen molar-refractivity contribution in [3.63, 3.8) is 0 Å². The summed E-state index contributed by atoms with van der Waals surface area (Å²) in [6, 6.07) is 6.35. The third-order valence-corrected chi connectivity index (χ3v) is 4.65. The zero-order chi connectivity index (χ0) is 17.3. The summed E-state index contributed by atoms with van der Waals surface area (Å²) in [7, 11) is -1.50. The number of halogens is 1. The fraction of sp³-hybridized carbons (Fsp3) is 0.533. The lowest BCUT2D eigenvalue weighted by Crippen LogP contribution is -2.39. The Labute approximate surface area is 137 Å². The summed E-state index contributed by atoms with van der Waals surface area (Å²) in [5, 5.41) is 6.19. The van der Waals surface area contributed by atoms with Gasteiger partial charge in [0.05, 0.1) is 6.26 Å². The summed E-state index contributed by atoms with van der Waals surface area (Å²) in [5.74, 6) is 0.323. The molecule has 1 aromatic rings. The van der Waals surface area contributed by atoms with E-state index in [-0.39, 0.29) is 5.82 Å². The van der Waals surface area contributed by atoms with Crippen molar-refractivity contribution in [3.8, 4) is 0 Å². The molecule has 0 radical (unpaired) electrons. The first-order chi connectivity index (χ1) is 10.9. The van der Waals surface area contributed by atoms with Gasteiger partial charge in [-0.05, 0) is 24.1 Å². The number of benzene rings is 1. The summed E-state index contributed by atoms with van der Waals surface area (Å²) in [6.07, 6.45) is 1.88. The Morgan fingerprint density at radius 3 is 2.65 bits per heavy atom. The van der Waals surface area contributed by atoms with E-state index in [2.05, 4.69) is 15.6 Å². The summed E-state index contributed by atoms with van der Waals surface area (Å²) in [4.78, 5) is 4.08. The highest BCUT2D eigenvalue weighted by molar-refractivity contribution is 7.88. The van der Waals surface area contributed by atoms with Gasteiger partial charge in [-0.15, -0.1) is 0 Å². The summed E-state index contributed by atoms with van der Waals surface area (Å²) < 4.78 is 37.5. The van der Waals surface area contributed by atoms with E-state index in [0.29, 0.717) is 38.6 Å². The maximum absolute atomic E-state index is 13.1. The van der Waals surface area contributed by atoms with Crippen LogP contribution in [-0.2, 0) is 16.6 Å². The molecule has 0 saturated heterocycles. The van der Waals surface area contributed by atoms with Crippen LogP contribution in [0.3, 0.4) is 0 Å². The standard InChI is InChI=1S/C15H25FN4O2S/c1-4-20(23(3,21)22)10-6-9-18-15(17-2)19-12-13-7-5-8-14(16)11-13/h5,7-8,11H,4,6,9-10,12H2,1-3H3,(H2,17,18,19). The fourth-order valence-electron chi connectivity index (χ4n) is 2.07. The molecule has 6 nitrogen and oxygen atoms in total. The second-order valence-corrected chi connectivity index (χ2v) is 7.07. The van der Waals surface area contributed by atoms with Crippen molar-refractivity contribution in [2.24, 2.45) is 4.99 Å². The Balaban J connectivity index is 2.35. The lowest BCUT2D eigenvalue weighted by molar-refractivity contribution is 0.424. The largest absolute Gasteiger partial charge is 0.356 e. The maximum Gasteiger partial charge on any atom is 0.211 e. The third kappa shape index (κ3) is 7.43. The maximum atomic E-state index is 13.1. The van der Waals surface area contributed by atoms with Crippen molar-refractivity contribution in [1.82, 2.24) is 14.9 Å². The minimum absolute atomic E-state index is 0.271. The SMILES string of the molecule is CCN(CCCNC(=NC)NCc1cccc(F)c1)S(C)(=O)=O. The van der Waals surface area contributed by atoms with Gasteiger partial charge in [0.1, 0.15) is 5.82 Å². The van der Waals surface area contributed by atoms with Crippen molar-refractivity contribution >= 4 is 16.0 Å². The number of nitrogens with zero attached hydrogens (tertiary/aromatic N) is 2. The van der Waals surface area contributed by atoms with Gasteiger partial charge in [-0.3, -0.25) is 4.99 Å². The summed E-state index contributed by atoms with van der Waals surface area (Å²) >= 11 is 0. The number of sulfonamides is 1. The second-order valence-electron chi connectivity index (χ2n) is 5.09. The van der Waals surface area contributed by atoms with E-state index in [4.69, 9.17) is 0 Å². The average molecular weight is 344 g/mol. The highest BCUT2D eigenvalue weighted by atomic mass is 32.2. The van der Waals surface area contributed by atoms with Crippen molar-refractivity contribution in [3.05, 3.63) is 35.6 Å². The predicted octanol–water partition coefficient (Wildman–Crippen LogP) is 1.16. The molecule has 0 aliphatic rings. The summed E-state index contributed by atoms with van der Waals surface area (Å²) in [6.45, 7) is 3.79. The molecule has 0 aliphatic heterocycles. The van der Waals surface area contributed by atoms with Gasteiger partial charge in [-0.2, -0.15) is 0 Å². The van der Waals surface area contributed by atoms with Crippen LogP contribution in [0.5, 0.6) is 0 Å². The molecule has 0 heterocycles. The van der Waals surface area contributed by atoms with Gasteiger partial charge in [-0.25, -0.2) is 17.1 Å². The number of hydrogen-bond donors (Lipinski definition) is 2. The van der Waals surface area contributed by atoms with Crippen molar-refractivity contribution in [2.45, 2.75) is 19.9 Å². The van der Waals surface area contributed by atoms with Crippen LogP contribution in [0.15, 0.2) is 29.3 Å². The zero-order valence-corrected chi connectivity index (χ0v) is 14.7.